The quantitative estimate of drug-likeness (QED) is 0.582. The van der Waals surface area contributed by atoms with Crippen molar-refractivity contribution in [3.63, 3.8) is 0 Å². The number of piperidine rings is 1. The van der Waals surface area contributed by atoms with Crippen LogP contribution in [0.3, 0.4) is 0 Å². The van der Waals surface area contributed by atoms with Gasteiger partial charge in [0, 0.05) is 22.7 Å². The van der Waals surface area contributed by atoms with E-state index in [1.165, 1.54) is 6.33 Å². The summed E-state index contributed by atoms with van der Waals surface area (Å²) in [4.78, 5) is 29.0. The van der Waals surface area contributed by atoms with E-state index in [1.54, 1.807) is 12.3 Å². The van der Waals surface area contributed by atoms with Crippen LogP contribution in [0.15, 0.2) is 30.7 Å². The SMILES string of the molecule is CCOc1cc(C(=O)NC2CC(C)(C)NC(C)(C)C2)ccc1-c1nc2ncncc2[nH]1. The number of carbonyl (C=O) groups excluding carboxylic acids is 1. The van der Waals surface area contributed by atoms with Crippen molar-refractivity contribution < 1.29 is 9.53 Å². The molecular weight excluding hydrogens is 392 g/mol. The lowest BCUT2D eigenvalue weighted by atomic mass is 9.79. The molecule has 0 aliphatic carbocycles. The summed E-state index contributed by atoms with van der Waals surface area (Å²) >= 11 is 0. The molecule has 3 N–H and O–H groups in total. The molecule has 31 heavy (non-hydrogen) atoms. The second kappa shape index (κ2) is 7.92. The predicted octanol–water partition coefficient (Wildman–Crippen LogP) is 3.46. The lowest BCUT2D eigenvalue weighted by molar-refractivity contribution is 0.0872. The molecule has 8 heteroatoms. The Labute approximate surface area is 182 Å². The van der Waals surface area contributed by atoms with Gasteiger partial charge in [0.2, 0.25) is 0 Å². The highest BCUT2D eigenvalue weighted by Gasteiger charge is 2.38. The first-order valence-electron chi connectivity index (χ1n) is 10.7. The van der Waals surface area contributed by atoms with Crippen LogP contribution in [-0.4, -0.2) is 49.6 Å². The Balaban J connectivity index is 1.59. The molecule has 0 unspecified atom stereocenters. The van der Waals surface area contributed by atoms with Crippen molar-refractivity contribution in [1.82, 2.24) is 30.6 Å². The third kappa shape index (κ3) is 4.69. The molecule has 2 aromatic heterocycles. The number of fused-ring (bicyclic) bond motifs is 1. The summed E-state index contributed by atoms with van der Waals surface area (Å²) < 4.78 is 5.85. The number of benzene rings is 1. The van der Waals surface area contributed by atoms with Crippen LogP contribution in [0.2, 0.25) is 0 Å². The maximum Gasteiger partial charge on any atom is 0.251 e. The number of rotatable bonds is 5. The average molecular weight is 423 g/mol. The zero-order chi connectivity index (χ0) is 22.2. The molecule has 0 saturated carbocycles. The van der Waals surface area contributed by atoms with E-state index in [0.29, 0.717) is 29.4 Å². The Bertz CT molecular complexity index is 1060. The minimum atomic E-state index is -0.0959. The first-order valence-corrected chi connectivity index (χ1v) is 10.7. The first-order chi connectivity index (χ1) is 14.7. The third-order valence-electron chi connectivity index (χ3n) is 5.49. The van der Waals surface area contributed by atoms with Crippen molar-refractivity contribution in [2.24, 2.45) is 0 Å². The van der Waals surface area contributed by atoms with Crippen LogP contribution in [0.5, 0.6) is 5.75 Å². The van der Waals surface area contributed by atoms with Crippen LogP contribution in [0, 0.1) is 0 Å². The average Bonchev–Trinajstić information content (AvgIpc) is 3.09. The second-order valence-electron chi connectivity index (χ2n) is 9.46. The first kappa shape index (κ1) is 21.2. The number of nitrogens with one attached hydrogen (secondary N) is 3. The number of amides is 1. The summed E-state index contributed by atoms with van der Waals surface area (Å²) in [6.45, 7) is 11.1. The lowest BCUT2D eigenvalue weighted by Gasteiger charge is -2.46. The van der Waals surface area contributed by atoms with E-state index in [0.717, 1.165) is 23.9 Å². The molecule has 1 aliphatic rings. The highest BCUT2D eigenvalue weighted by Crippen LogP contribution is 2.31. The van der Waals surface area contributed by atoms with Crippen molar-refractivity contribution in [2.45, 2.75) is 64.6 Å². The number of hydrogen-bond acceptors (Lipinski definition) is 6. The maximum atomic E-state index is 13.1. The third-order valence-corrected chi connectivity index (χ3v) is 5.49. The number of hydrogen-bond donors (Lipinski definition) is 3. The van der Waals surface area contributed by atoms with Gasteiger partial charge in [-0.3, -0.25) is 4.79 Å². The number of nitrogens with zero attached hydrogens (tertiary/aromatic N) is 3. The molecule has 1 fully saturated rings. The normalized spacial score (nSPS) is 18.1. The molecule has 0 radical (unpaired) electrons. The minimum absolute atomic E-state index is 0.0375. The van der Waals surface area contributed by atoms with Gasteiger partial charge in [0.15, 0.2) is 5.65 Å². The molecule has 3 heterocycles. The Kier molecular flexibility index (Phi) is 5.43. The smallest absolute Gasteiger partial charge is 0.251 e. The molecule has 8 nitrogen and oxygen atoms in total. The molecule has 1 saturated heterocycles. The molecule has 1 aromatic carbocycles. The highest BCUT2D eigenvalue weighted by atomic mass is 16.5. The predicted molar refractivity (Wildman–Crippen MR) is 120 cm³/mol. The fourth-order valence-electron chi connectivity index (χ4n) is 4.72. The second-order valence-corrected chi connectivity index (χ2v) is 9.46. The summed E-state index contributed by atoms with van der Waals surface area (Å²) in [6, 6.07) is 5.55. The summed E-state index contributed by atoms with van der Waals surface area (Å²) in [5.41, 5.74) is 2.61. The fourth-order valence-corrected chi connectivity index (χ4v) is 4.72. The van der Waals surface area contributed by atoms with Gasteiger partial charge >= 0.3 is 0 Å². The van der Waals surface area contributed by atoms with Gasteiger partial charge in [-0.05, 0) is 65.7 Å². The van der Waals surface area contributed by atoms with E-state index >= 15 is 0 Å². The summed E-state index contributed by atoms with van der Waals surface area (Å²) in [5.74, 6) is 1.14. The van der Waals surface area contributed by atoms with Crippen LogP contribution in [0.1, 0.15) is 57.8 Å². The monoisotopic (exact) mass is 422 g/mol. The van der Waals surface area contributed by atoms with Crippen LogP contribution in [-0.2, 0) is 0 Å². The minimum Gasteiger partial charge on any atom is -0.493 e. The van der Waals surface area contributed by atoms with Gasteiger partial charge in [0.25, 0.3) is 5.91 Å². The van der Waals surface area contributed by atoms with Crippen molar-refractivity contribution in [1.29, 1.82) is 0 Å². The Morgan fingerprint density at radius 2 is 1.97 bits per heavy atom. The van der Waals surface area contributed by atoms with Crippen molar-refractivity contribution >= 4 is 17.1 Å². The van der Waals surface area contributed by atoms with Crippen LogP contribution in [0.25, 0.3) is 22.6 Å². The van der Waals surface area contributed by atoms with Crippen molar-refractivity contribution in [3.05, 3.63) is 36.3 Å². The van der Waals surface area contributed by atoms with Gasteiger partial charge in [-0.15, -0.1) is 0 Å². The Morgan fingerprint density at radius 3 is 2.65 bits per heavy atom. The van der Waals surface area contributed by atoms with E-state index in [1.807, 2.05) is 19.1 Å². The topological polar surface area (TPSA) is 105 Å². The van der Waals surface area contributed by atoms with E-state index in [-0.39, 0.29) is 23.0 Å². The van der Waals surface area contributed by atoms with Gasteiger partial charge < -0.3 is 20.4 Å². The summed E-state index contributed by atoms with van der Waals surface area (Å²) in [6.07, 6.45) is 4.90. The number of imidazole rings is 1. The van der Waals surface area contributed by atoms with Gasteiger partial charge in [-0.25, -0.2) is 15.0 Å². The van der Waals surface area contributed by atoms with Crippen LogP contribution >= 0.6 is 0 Å². The largest absolute Gasteiger partial charge is 0.493 e. The molecule has 3 aromatic rings. The number of ether oxygens (including phenoxy) is 1. The number of H-pyrrole nitrogens is 1. The van der Waals surface area contributed by atoms with Gasteiger partial charge in [0.05, 0.1) is 18.4 Å². The molecule has 1 amide bonds. The van der Waals surface area contributed by atoms with E-state index in [4.69, 9.17) is 4.74 Å². The molecule has 164 valence electrons. The fraction of sp³-hybridized carbons (Fsp3) is 0.478. The highest BCUT2D eigenvalue weighted by molar-refractivity contribution is 5.95. The van der Waals surface area contributed by atoms with Crippen molar-refractivity contribution in [3.8, 4) is 17.1 Å². The summed E-state index contributed by atoms with van der Waals surface area (Å²) in [5, 5.41) is 6.87. The van der Waals surface area contributed by atoms with Gasteiger partial charge in [-0.1, -0.05) is 0 Å². The molecule has 0 spiro atoms. The summed E-state index contributed by atoms with van der Waals surface area (Å²) in [7, 11) is 0. The maximum absolute atomic E-state index is 13.1. The Morgan fingerprint density at radius 1 is 1.23 bits per heavy atom. The molecule has 0 bridgehead atoms. The Hall–Kier alpha value is -3.00. The van der Waals surface area contributed by atoms with E-state index in [2.05, 4.69) is 58.3 Å². The van der Waals surface area contributed by atoms with Gasteiger partial charge in [-0.2, -0.15) is 0 Å². The number of carbonyl (C=O) groups is 1. The molecule has 0 atom stereocenters. The zero-order valence-corrected chi connectivity index (χ0v) is 18.7. The standard InChI is InChI=1S/C23H30N6O2/c1-6-31-18-9-14(21(30)26-15-10-22(2,3)29-23(4,5)11-15)7-8-16(18)19-27-17-12-24-13-25-20(17)28-19/h7-9,12-13,15,29H,6,10-11H2,1-5H3,(H,26,30)(H,24,25,27,28). The lowest BCUT2D eigenvalue weighted by Crippen LogP contribution is -2.62. The van der Waals surface area contributed by atoms with Crippen molar-refractivity contribution in [2.75, 3.05) is 6.61 Å². The zero-order valence-electron chi connectivity index (χ0n) is 18.7. The van der Waals surface area contributed by atoms with Gasteiger partial charge in [0.1, 0.15) is 23.4 Å². The molecule has 4 rings (SSSR count). The molecule has 1 aliphatic heterocycles. The van der Waals surface area contributed by atoms with E-state index in [9.17, 15) is 4.79 Å². The van der Waals surface area contributed by atoms with E-state index < -0.39 is 0 Å². The van der Waals surface area contributed by atoms with Crippen LogP contribution in [0.4, 0.5) is 0 Å². The van der Waals surface area contributed by atoms with Crippen LogP contribution < -0.4 is 15.4 Å². The molecular formula is C23H30N6O2. The number of aromatic amines is 1. The number of aromatic nitrogens is 4.